The Bertz CT molecular complexity index is 689. The van der Waals surface area contributed by atoms with E-state index in [2.05, 4.69) is 0 Å². The van der Waals surface area contributed by atoms with Crippen LogP contribution in [-0.4, -0.2) is 25.7 Å². The van der Waals surface area contributed by atoms with Crippen LogP contribution in [0.25, 0.3) is 10.9 Å². The lowest BCUT2D eigenvalue weighted by molar-refractivity contribution is -0.383. The zero-order valence-electron chi connectivity index (χ0n) is 10.3. The Hall–Kier alpha value is -2.57. The standard InChI is InChI=1S/C12H12N2O5/c1-6(12(16)17)7-5-13(2)11-8(14(18)19)3-4-9(15)10(7)11/h3-6,15H,1-2H3,(H,16,17). The Balaban J connectivity index is 2.87. The molecule has 0 aliphatic rings. The van der Waals surface area contributed by atoms with Gasteiger partial charge >= 0.3 is 5.97 Å². The molecule has 0 spiro atoms. The van der Waals surface area contributed by atoms with E-state index in [0.717, 1.165) is 0 Å². The molecular weight excluding hydrogens is 252 g/mol. The fraction of sp³-hybridized carbons (Fsp3) is 0.250. The molecule has 0 bridgehead atoms. The Morgan fingerprint density at radius 2 is 2.11 bits per heavy atom. The molecule has 100 valence electrons. The van der Waals surface area contributed by atoms with Crippen LogP contribution in [0.15, 0.2) is 18.3 Å². The lowest BCUT2D eigenvalue weighted by atomic mass is 10.00. The average Bonchev–Trinajstić information content (AvgIpc) is 2.67. The molecule has 1 heterocycles. The minimum atomic E-state index is -1.06. The number of aromatic hydroxyl groups is 1. The molecule has 1 unspecified atom stereocenters. The number of hydrogen-bond acceptors (Lipinski definition) is 4. The van der Waals surface area contributed by atoms with Gasteiger partial charge in [0.2, 0.25) is 0 Å². The number of aryl methyl sites for hydroxylation is 1. The lowest BCUT2D eigenvalue weighted by Crippen LogP contribution is -2.06. The molecule has 2 rings (SSSR count). The van der Waals surface area contributed by atoms with Crippen LogP contribution in [0.4, 0.5) is 5.69 Å². The predicted molar refractivity (Wildman–Crippen MR) is 67.3 cm³/mol. The number of phenolic OH excluding ortho intramolecular Hbond substituents is 1. The highest BCUT2D eigenvalue weighted by Crippen LogP contribution is 2.38. The summed E-state index contributed by atoms with van der Waals surface area (Å²) in [6.07, 6.45) is 1.50. The maximum atomic E-state index is 11.1. The number of fused-ring (bicyclic) bond motifs is 1. The van der Waals surface area contributed by atoms with Crippen molar-refractivity contribution in [2.75, 3.05) is 0 Å². The second-order valence-corrected chi connectivity index (χ2v) is 4.34. The molecule has 0 fully saturated rings. The molecule has 1 aromatic carbocycles. The van der Waals surface area contributed by atoms with E-state index in [4.69, 9.17) is 5.11 Å². The largest absolute Gasteiger partial charge is 0.507 e. The number of carboxylic acid groups (broad SMARTS) is 1. The first kappa shape index (κ1) is 12.9. The van der Waals surface area contributed by atoms with Gasteiger partial charge in [-0.3, -0.25) is 14.9 Å². The maximum Gasteiger partial charge on any atom is 0.310 e. The highest BCUT2D eigenvalue weighted by Gasteiger charge is 2.25. The van der Waals surface area contributed by atoms with E-state index in [1.54, 1.807) is 7.05 Å². The van der Waals surface area contributed by atoms with Crippen molar-refractivity contribution in [3.8, 4) is 5.75 Å². The van der Waals surface area contributed by atoms with Gasteiger partial charge in [-0.1, -0.05) is 0 Å². The van der Waals surface area contributed by atoms with Crippen molar-refractivity contribution in [2.45, 2.75) is 12.8 Å². The molecule has 7 nitrogen and oxygen atoms in total. The highest BCUT2D eigenvalue weighted by molar-refractivity contribution is 5.98. The summed E-state index contributed by atoms with van der Waals surface area (Å²) >= 11 is 0. The van der Waals surface area contributed by atoms with Crippen molar-refractivity contribution in [1.29, 1.82) is 0 Å². The van der Waals surface area contributed by atoms with E-state index in [1.165, 1.54) is 29.8 Å². The van der Waals surface area contributed by atoms with Gasteiger partial charge in [0.15, 0.2) is 0 Å². The van der Waals surface area contributed by atoms with Crippen molar-refractivity contribution in [2.24, 2.45) is 7.05 Å². The van der Waals surface area contributed by atoms with Gasteiger partial charge in [0, 0.05) is 19.3 Å². The molecule has 0 aliphatic heterocycles. The van der Waals surface area contributed by atoms with Gasteiger partial charge in [-0.05, 0) is 18.6 Å². The Labute approximate surface area is 107 Å². The van der Waals surface area contributed by atoms with Crippen LogP contribution in [0.1, 0.15) is 18.4 Å². The van der Waals surface area contributed by atoms with Crippen molar-refractivity contribution < 1.29 is 19.9 Å². The molecule has 0 amide bonds. The monoisotopic (exact) mass is 264 g/mol. The summed E-state index contributed by atoms with van der Waals surface area (Å²) in [6, 6.07) is 2.41. The van der Waals surface area contributed by atoms with Crippen LogP contribution in [0.3, 0.4) is 0 Å². The fourth-order valence-corrected chi connectivity index (χ4v) is 2.16. The number of carboxylic acids is 1. The summed E-state index contributed by atoms with van der Waals surface area (Å²) in [4.78, 5) is 21.5. The number of nitro benzene ring substituents is 1. The molecule has 7 heteroatoms. The van der Waals surface area contributed by atoms with Gasteiger partial charge in [-0.25, -0.2) is 0 Å². The topological polar surface area (TPSA) is 106 Å². The van der Waals surface area contributed by atoms with Crippen LogP contribution in [-0.2, 0) is 11.8 Å². The number of non-ortho nitro benzene ring substituents is 1. The van der Waals surface area contributed by atoms with E-state index >= 15 is 0 Å². The zero-order valence-corrected chi connectivity index (χ0v) is 10.3. The van der Waals surface area contributed by atoms with E-state index in [-0.39, 0.29) is 22.3 Å². The van der Waals surface area contributed by atoms with Crippen molar-refractivity contribution in [1.82, 2.24) is 4.57 Å². The summed E-state index contributed by atoms with van der Waals surface area (Å²) in [5.41, 5.74) is 0.401. The van der Waals surface area contributed by atoms with E-state index in [1.807, 2.05) is 0 Å². The summed E-state index contributed by atoms with van der Waals surface area (Å²) < 4.78 is 1.46. The Morgan fingerprint density at radius 1 is 1.47 bits per heavy atom. The van der Waals surface area contributed by atoms with Gasteiger partial charge in [0.1, 0.15) is 11.3 Å². The zero-order chi connectivity index (χ0) is 14.3. The van der Waals surface area contributed by atoms with E-state index in [0.29, 0.717) is 5.56 Å². The normalized spacial score (nSPS) is 12.5. The third-order valence-electron chi connectivity index (χ3n) is 3.14. The van der Waals surface area contributed by atoms with Gasteiger partial charge in [0.05, 0.1) is 16.2 Å². The van der Waals surface area contributed by atoms with Crippen molar-refractivity contribution in [3.63, 3.8) is 0 Å². The van der Waals surface area contributed by atoms with Gasteiger partial charge in [-0.2, -0.15) is 0 Å². The number of aromatic nitrogens is 1. The van der Waals surface area contributed by atoms with Crippen LogP contribution < -0.4 is 0 Å². The second-order valence-electron chi connectivity index (χ2n) is 4.34. The van der Waals surface area contributed by atoms with Crippen molar-refractivity contribution in [3.05, 3.63) is 34.0 Å². The van der Waals surface area contributed by atoms with Crippen LogP contribution in [0.2, 0.25) is 0 Å². The predicted octanol–water partition coefficient (Wildman–Crippen LogP) is 1.98. The summed E-state index contributed by atoms with van der Waals surface area (Å²) in [6.45, 7) is 1.47. The first-order chi connectivity index (χ1) is 8.84. The quantitative estimate of drug-likeness (QED) is 0.651. The number of aliphatic carboxylic acids is 1. The molecular formula is C12H12N2O5. The lowest BCUT2D eigenvalue weighted by Gasteiger charge is -2.05. The van der Waals surface area contributed by atoms with Gasteiger partial charge in [-0.15, -0.1) is 0 Å². The molecule has 19 heavy (non-hydrogen) atoms. The Morgan fingerprint density at radius 3 is 2.63 bits per heavy atom. The first-order valence-electron chi connectivity index (χ1n) is 5.52. The number of benzene rings is 1. The molecule has 2 N–H and O–H groups in total. The summed E-state index contributed by atoms with van der Waals surface area (Å²) in [5, 5.41) is 30.1. The number of carbonyl (C=O) groups is 1. The number of nitrogens with zero attached hydrogens (tertiary/aromatic N) is 2. The minimum absolute atomic E-state index is 0.163. The molecule has 1 aromatic heterocycles. The number of rotatable bonds is 3. The van der Waals surface area contributed by atoms with Crippen LogP contribution in [0.5, 0.6) is 5.75 Å². The average molecular weight is 264 g/mol. The molecule has 0 saturated carbocycles. The molecule has 1 atom stereocenters. The third-order valence-corrected chi connectivity index (χ3v) is 3.14. The smallest absolute Gasteiger partial charge is 0.310 e. The van der Waals surface area contributed by atoms with Crippen molar-refractivity contribution >= 4 is 22.6 Å². The van der Waals surface area contributed by atoms with Gasteiger partial charge < -0.3 is 14.8 Å². The SMILES string of the molecule is CC(C(=O)O)c1cn(C)c2c([N+](=O)[O-])ccc(O)c12. The fourth-order valence-electron chi connectivity index (χ4n) is 2.16. The molecule has 0 radical (unpaired) electrons. The van der Waals surface area contributed by atoms with Crippen LogP contribution in [0, 0.1) is 10.1 Å². The minimum Gasteiger partial charge on any atom is -0.507 e. The van der Waals surface area contributed by atoms with E-state index in [9.17, 15) is 20.0 Å². The summed E-state index contributed by atoms with van der Waals surface area (Å²) in [5.74, 6) is -2.08. The first-order valence-corrected chi connectivity index (χ1v) is 5.52. The van der Waals surface area contributed by atoms with Crippen LogP contribution >= 0.6 is 0 Å². The number of hydrogen-bond donors (Lipinski definition) is 2. The van der Waals surface area contributed by atoms with E-state index < -0.39 is 16.8 Å². The molecule has 0 saturated heterocycles. The molecule has 2 aromatic rings. The number of phenols is 1. The maximum absolute atomic E-state index is 11.1. The Kier molecular flexibility index (Phi) is 2.89. The second kappa shape index (κ2) is 4.27. The summed E-state index contributed by atoms with van der Waals surface area (Å²) in [7, 11) is 1.58. The number of nitro groups is 1. The molecule has 0 aliphatic carbocycles. The highest BCUT2D eigenvalue weighted by atomic mass is 16.6. The van der Waals surface area contributed by atoms with Gasteiger partial charge in [0.25, 0.3) is 5.69 Å². The third kappa shape index (κ3) is 1.88.